The number of aryl methyl sites for hydroxylation is 2. The molecule has 35 heavy (non-hydrogen) atoms. The molecular weight excluding hydrogens is 473 g/mol. The first-order valence-corrected chi connectivity index (χ1v) is 10.4. The summed E-state index contributed by atoms with van der Waals surface area (Å²) < 4.78 is 67.7. The van der Waals surface area contributed by atoms with Gasteiger partial charge in [-0.3, -0.25) is 9.48 Å². The Bertz CT molecular complexity index is 1270. The third-order valence-corrected chi connectivity index (χ3v) is 5.55. The van der Waals surface area contributed by atoms with Crippen LogP contribution in [0.5, 0.6) is 0 Å². The van der Waals surface area contributed by atoms with E-state index in [0.29, 0.717) is 11.1 Å². The highest BCUT2D eigenvalue weighted by Crippen LogP contribution is 2.31. The fourth-order valence-corrected chi connectivity index (χ4v) is 3.91. The lowest BCUT2D eigenvalue weighted by atomic mass is 9.98. The number of rotatable bonds is 7. The lowest BCUT2D eigenvalue weighted by Gasteiger charge is -2.18. The van der Waals surface area contributed by atoms with E-state index in [1.807, 2.05) is 0 Å². The highest BCUT2D eigenvalue weighted by molar-refractivity contribution is 5.97. The fraction of sp³-hybridized carbons (Fsp3) is 0.292. The molecule has 1 atom stereocenters. The Hall–Kier alpha value is -3.76. The van der Waals surface area contributed by atoms with Gasteiger partial charge in [0.15, 0.2) is 0 Å². The first-order valence-electron chi connectivity index (χ1n) is 10.4. The summed E-state index contributed by atoms with van der Waals surface area (Å²) in [6, 6.07) is 7.98. The van der Waals surface area contributed by atoms with Crippen LogP contribution in [0.1, 0.15) is 73.7 Å². The zero-order valence-corrected chi connectivity index (χ0v) is 19.0. The third kappa shape index (κ3) is 5.67. The number of amides is 1. The molecule has 0 bridgehead atoms. The van der Waals surface area contributed by atoms with E-state index in [4.69, 9.17) is 5.11 Å². The second kappa shape index (κ2) is 9.85. The second-order valence-corrected chi connectivity index (χ2v) is 8.08. The van der Waals surface area contributed by atoms with Gasteiger partial charge in [-0.15, -0.1) is 0 Å². The van der Waals surface area contributed by atoms with Gasteiger partial charge in [0.25, 0.3) is 12.3 Å². The maximum absolute atomic E-state index is 13.8. The summed E-state index contributed by atoms with van der Waals surface area (Å²) in [5.74, 6) is -1.99. The number of hydrogen-bond acceptors (Lipinski definition) is 3. The summed E-state index contributed by atoms with van der Waals surface area (Å²) in [6.07, 6.45) is -7.92. The summed E-state index contributed by atoms with van der Waals surface area (Å²) in [6.45, 7) is 3.25. The zero-order chi connectivity index (χ0) is 26.1. The van der Waals surface area contributed by atoms with Crippen LogP contribution in [0, 0.1) is 6.92 Å². The monoisotopic (exact) mass is 495 g/mol. The number of carbonyl (C=O) groups excluding carboxylic acids is 1. The predicted molar refractivity (Wildman–Crippen MR) is 116 cm³/mol. The van der Waals surface area contributed by atoms with Crippen molar-refractivity contribution in [1.29, 1.82) is 0 Å². The molecule has 0 unspecified atom stereocenters. The number of carboxylic acids is 1. The quantitative estimate of drug-likeness (QED) is 0.426. The van der Waals surface area contributed by atoms with Gasteiger partial charge in [-0.05, 0) is 48.7 Å². The van der Waals surface area contributed by atoms with Gasteiger partial charge in [0.1, 0.15) is 5.69 Å². The van der Waals surface area contributed by atoms with Gasteiger partial charge in [-0.2, -0.15) is 18.3 Å². The number of halogens is 5. The fourth-order valence-electron chi connectivity index (χ4n) is 3.91. The lowest BCUT2D eigenvalue weighted by Crippen LogP contribution is -2.29. The minimum absolute atomic E-state index is 0.0559. The molecule has 0 saturated carbocycles. The van der Waals surface area contributed by atoms with Crippen LogP contribution < -0.4 is 5.32 Å². The molecule has 1 amide bonds. The van der Waals surface area contributed by atoms with Crippen molar-refractivity contribution in [1.82, 2.24) is 15.1 Å². The molecule has 2 aromatic carbocycles. The third-order valence-electron chi connectivity index (χ3n) is 5.55. The van der Waals surface area contributed by atoms with Crippen LogP contribution in [0.4, 0.5) is 22.0 Å². The Morgan fingerprint density at radius 1 is 1.14 bits per heavy atom. The molecule has 2 N–H and O–H groups in total. The summed E-state index contributed by atoms with van der Waals surface area (Å²) in [5.41, 5.74) is -0.709. The Morgan fingerprint density at radius 2 is 1.83 bits per heavy atom. The molecule has 1 aromatic heterocycles. The van der Waals surface area contributed by atoms with E-state index in [2.05, 4.69) is 10.4 Å². The number of aromatic nitrogens is 2. The Balaban J connectivity index is 1.95. The van der Waals surface area contributed by atoms with Gasteiger partial charge in [-0.1, -0.05) is 24.3 Å². The van der Waals surface area contributed by atoms with E-state index in [-0.39, 0.29) is 23.2 Å². The highest BCUT2D eigenvalue weighted by atomic mass is 19.4. The normalized spacial score (nSPS) is 12.6. The van der Waals surface area contributed by atoms with Crippen molar-refractivity contribution in [2.75, 3.05) is 0 Å². The molecule has 0 aliphatic carbocycles. The minimum atomic E-state index is -4.59. The summed E-state index contributed by atoms with van der Waals surface area (Å²) >= 11 is 0. The topological polar surface area (TPSA) is 84.2 Å². The molecule has 3 aromatic rings. The van der Waals surface area contributed by atoms with Crippen LogP contribution >= 0.6 is 0 Å². The van der Waals surface area contributed by atoms with Crippen LogP contribution in [-0.2, 0) is 19.6 Å². The molecule has 0 fully saturated rings. The van der Waals surface area contributed by atoms with E-state index in [1.54, 1.807) is 13.8 Å². The Kier molecular flexibility index (Phi) is 7.27. The van der Waals surface area contributed by atoms with Crippen molar-refractivity contribution in [3.63, 3.8) is 0 Å². The smallest absolute Gasteiger partial charge is 0.416 e. The first-order chi connectivity index (χ1) is 16.3. The molecule has 186 valence electrons. The lowest BCUT2D eigenvalue weighted by molar-refractivity contribution is -0.137. The second-order valence-electron chi connectivity index (χ2n) is 8.08. The first kappa shape index (κ1) is 25.9. The van der Waals surface area contributed by atoms with Gasteiger partial charge >= 0.3 is 12.1 Å². The number of nitrogens with zero attached hydrogens (tertiary/aromatic N) is 2. The number of hydrogen-bond donors (Lipinski definition) is 2. The molecular formula is C24H22F5N3O3. The SMILES string of the molecule is Cc1cc(C(=O)O)ccc1[C@H](C)NC(=O)c1c(Cc2cccc(C(F)(F)F)c2)nn(C)c1C(F)F. The molecule has 0 spiro atoms. The number of carboxylic acid groups (broad SMARTS) is 1. The number of carbonyl (C=O) groups is 2. The molecule has 6 nitrogen and oxygen atoms in total. The van der Waals surface area contributed by atoms with Gasteiger partial charge in [-0.25, -0.2) is 13.6 Å². The summed E-state index contributed by atoms with van der Waals surface area (Å²) in [4.78, 5) is 24.3. The van der Waals surface area contributed by atoms with Gasteiger partial charge in [0, 0.05) is 13.5 Å². The average Bonchev–Trinajstić information content (AvgIpc) is 3.08. The highest BCUT2D eigenvalue weighted by Gasteiger charge is 2.32. The molecule has 0 aliphatic heterocycles. The number of benzene rings is 2. The number of nitrogens with one attached hydrogen (secondary N) is 1. The van der Waals surface area contributed by atoms with Crippen LogP contribution in [-0.4, -0.2) is 26.8 Å². The van der Waals surface area contributed by atoms with Crippen molar-refractivity contribution in [2.24, 2.45) is 7.05 Å². The van der Waals surface area contributed by atoms with Crippen molar-refractivity contribution < 1.29 is 36.6 Å². The zero-order valence-electron chi connectivity index (χ0n) is 19.0. The maximum Gasteiger partial charge on any atom is 0.416 e. The summed E-state index contributed by atoms with van der Waals surface area (Å²) in [5, 5.41) is 15.7. The molecule has 1 heterocycles. The van der Waals surface area contributed by atoms with Gasteiger partial charge in [0.05, 0.1) is 28.4 Å². The van der Waals surface area contributed by atoms with E-state index < -0.39 is 47.3 Å². The van der Waals surface area contributed by atoms with Crippen molar-refractivity contribution in [2.45, 2.75) is 38.9 Å². The van der Waals surface area contributed by atoms with E-state index in [1.165, 1.54) is 37.4 Å². The maximum atomic E-state index is 13.8. The van der Waals surface area contributed by atoms with E-state index in [9.17, 15) is 31.5 Å². The molecule has 0 saturated heterocycles. The van der Waals surface area contributed by atoms with Gasteiger partial charge in [0.2, 0.25) is 0 Å². The Morgan fingerprint density at radius 3 is 2.40 bits per heavy atom. The van der Waals surface area contributed by atoms with Crippen molar-refractivity contribution in [3.05, 3.63) is 87.2 Å². The molecule has 0 aliphatic rings. The molecule has 11 heteroatoms. The standard InChI is InChI=1S/C24H22F5N3O3/c1-12-9-15(23(34)35)7-8-17(12)13(2)30-22(33)19-18(31-32(3)20(19)21(25)26)11-14-5-4-6-16(10-14)24(27,28)29/h4-10,13,21H,11H2,1-3H3,(H,30,33)(H,34,35)/t13-/m0/s1. The van der Waals surface area contributed by atoms with E-state index >= 15 is 0 Å². The Labute approximate surface area is 197 Å². The van der Waals surface area contributed by atoms with Crippen LogP contribution in [0.25, 0.3) is 0 Å². The van der Waals surface area contributed by atoms with Crippen molar-refractivity contribution >= 4 is 11.9 Å². The largest absolute Gasteiger partial charge is 0.478 e. The minimum Gasteiger partial charge on any atom is -0.478 e. The number of alkyl halides is 5. The molecule has 0 radical (unpaired) electrons. The van der Waals surface area contributed by atoms with Gasteiger partial charge < -0.3 is 10.4 Å². The van der Waals surface area contributed by atoms with Crippen molar-refractivity contribution in [3.8, 4) is 0 Å². The molecule has 3 rings (SSSR count). The van der Waals surface area contributed by atoms with E-state index in [0.717, 1.165) is 16.8 Å². The van der Waals surface area contributed by atoms with Crippen LogP contribution in [0.2, 0.25) is 0 Å². The van der Waals surface area contributed by atoms with Crippen LogP contribution in [0.3, 0.4) is 0 Å². The predicted octanol–water partition coefficient (Wildman–Crippen LogP) is 5.46. The number of aromatic carboxylic acids is 1. The average molecular weight is 495 g/mol. The summed E-state index contributed by atoms with van der Waals surface area (Å²) in [7, 11) is 1.23. The van der Waals surface area contributed by atoms with Crippen LogP contribution in [0.15, 0.2) is 42.5 Å².